The van der Waals surface area contributed by atoms with Crippen molar-refractivity contribution in [3.8, 4) is 28.6 Å². The van der Waals surface area contributed by atoms with E-state index in [1.165, 1.54) is 18.4 Å². The van der Waals surface area contributed by atoms with E-state index in [2.05, 4.69) is 41.0 Å². The summed E-state index contributed by atoms with van der Waals surface area (Å²) in [5.41, 5.74) is 3.12. The van der Waals surface area contributed by atoms with Crippen LogP contribution in [0, 0.1) is 17.3 Å². The Morgan fingerprint density at radius 2 is 1.81 bits per heavy atom. The van der Waals surface area contributed by atoms with Gasteiger partial charge in [0.25, 0.3) is 5.89 Å². The average molecular weight is 490 g/mol. The molecule has 7 nitrogen and oxygen atoms in total. The first kappa shape index (κ1) is 24.5. The van der Waals surface area contributed by atoms with Crippen LogP contribution in [0.4, 0.5) is 0 Å². The first-order chi connectivity index (χ1) is 17.3. The molecule has 5 rings (SSSR count). The predicted octanol–water partition coefficient (Wildman–Crippen LogP) is 5.77. The lowest BCUT2D eigenvalue weighted by Gasteiger charge is -2.39. The highest BCUT2D eigenvalue weighted by atomic mass is 16.5. The molecule has 1 saturated carbocycles. The third-order valence-corrected chi connectivity index (χ3v) is 7.65. The van der Waals surface area contributed by atoms with Gasteiger partial charge in [-0.1, -0.05) is 62.2 Å². The second kappa shape index (κ2) is 10.1. The number of phenolic OH excluding ortho intramolecular Hbond substituents is 1. The minimum absolute atomic E-state index is 0.246. The van der Waals surface area contributed by atoms with Crippen LogP contribution in [0.3, 0.4) is 0 Å². The average Bonchev–Trinajstić information content (AvgIpc) is 3.53. The van der Waals surface area contributed by atoms with Crippen LogP contribution in [0.15, 0.2) is 47.0 Å². The molecule has 0 radical (unpaired) electrons. The van der Waals surface area contributed by atoms with E-state index in [1.54, 1.807) is 6.07 Å². The molecule has 3 aromatic rings. The number of aromatic nitrogens is 2. The standard InChI is InChI=1S/C29H35N3O4/c1-19(2)15-23-9-10-24(16-25(23)33)27-30-26(31-36-27)22-7-5-21(6-8-22)18-32-13-11-29(12-14-32,28(34)35)17-20-3-4-20/h5-10,16,19-20,33H,3-4,11-15,17-18H2,1-2H3,(H,34,35). The summed E-state index contributed by atoms with van der Waals surface area (Å²) in [7, 11) is 0. The number of nitrogens with zero attached hydrogens (tertiary/aromatic N) is 3. The minimum Gasteiger partial charge on any atom is -0.508 e. The lowest BCUT2D eigenvalue weighted by molar-refractivity contribution is -0.153. The molecule has 0 atom stereocenters. The molecule has 0 amide bonds. The van der Waals surface area contributed by atoms with Gasteiger partial charge in [0.1, 0.15) is 5.75 Å². The molecule has 0 unspecified atom stereocenters. The highest BCUT2D eigenvalue weighted by Crippen LogP contribution is 2.46. The number of likely N-dealkylation sites (tertiary alicyclic amines) is 1. The molecule has 2 aliphatic rings. The number of aromatic hydroxyl groups is 1. The van der Waals surface area contributed by atoms with Crippen LogP contribution in [-0.2, 0) is 17.8 Å². The normalized spacial score (nSPS) is 18.0. The van der Waals surface area contributed by atoms with Crippen LogP contribution >= 0.6 is 0 Å². The van der Waals surface area contributed by atoms with E-state index in [4.69, 9.17) is 4.52 Å². The molecule has 1 aliphatic carbocycles. The molecule has 1 aromatic heterocycles. The Balaban J connectivity index is 1.20. The summed E-state index contributed by atoms with van der Waals surface area (Å²) in [6.45, 7) is 6.68. The number of carbonyl (C=O) groups is 1. The van der Waals surface area contributed by atoms with E-state index in [9.17, 15) is 15.0 Å². The van der Waals surface area contributed by atoms with Crippen molar-refractivity contribution in [1.82, 2.24) is 15.0 Å². The summed E-state index contributed by atoms with van der Waals surface area (Å²) in [4.78, 5) is 18.9. The zero-order valence-corrected chi connectivity index (χ0v) is 21.1. The molecule has 2 heterocycles. The fourth-order valence-corrected chi connectivity index (χ4v) is 5.30. The number of benzene rings is 2. The van der Waals surface area contributed by atoms with Crippen LogP contribution in [0.5, 0.6) is 5.75 Å². The van der Waals surface area contributed by atoms with E-state index < -0.39 is 11.4 Å². The van der Waals surface area contributed by atoms with Gasteiger partial charge in [-0.05, 0) is 73.9 Å². The van der Waals surface area contributed by atoms with Gasteiger partial charge in [-0.25, -0.2) is 0 Å². The van der Waals surface area contributed by atoms with E-state index in [0.29, 0.717) is 29.1 Å². The molecule has 0 bridgehead atoms. The van der Waals surface area contributed by atoms with Gasteiger partial charge < -0.3 is 14.7 Å². The van der Waals surface area contributed by atoms with Crippen molar-refractivity contribution in [3.63, 3.8) is 0 Å². The van der Waals surface area contributed by atoms with Crippen molar-refractivity contribution in [1.29, 1.82) is 0 Å². The number of piperidine rings is 1. The number of rotatable bonds is 9. The van der Waals surface area contributed by atoms with Crippen molar-refractivity contribution in [2.24, 2.45) is 17.3 Å². The Bertz CT molecular complexity index is 1210. The maximum Gasteiger partial charge on any atom is 0.309 e. The van der Waals surface area contributed by atoms with Gasteiger partial charge in [-0.3, -0.25) is 9.69 Å². The van der Waals surface area contributed by atoms with Gasteiger partial charge >= 0.3 is 5.97 Å². The summed E-state index contributed by atoms with van der Waals surface area (Å²) in [6.07, 6.45) is 5.51. The third-order valence-electron chi connectivity index (χ3n) is 7.65. The Morgan fingerprint density at radius 1 is 1.11 bits per heavy atom. The molecular weight excluding hydrogens is 454 g/mol. The number of phenols is 1. The fraction of sp³-hybridized carbons (Fsp3) is 0.483. The van der Waals surface area contributed by atoms with Gasteiger partial charge in [-0.15, -0.1) is 0 Å². The smallest absolute Gasteiger partial charge is 0.309 e. The molecule has 36 heavy (non-hydrogen) atoms. The molecule has 7 heteroatoms. The first-order valence-corrected chi connectivity index (χ1v) is 13.0. The summed E-state index contributed by atoms with van der Waals surface area (Å²) in [6, 6.07) is 13.6. The Morgan fingerprint density at radius 3 is 2.42 bits per heavy atom. The van der Waals surface area contributed by atoms with Crippen molar-refractivity contribution in [2.45, 2.75) is 58.9 Å². The second-order valence-electron chi connectivity index (χ2n) is 11.1. The Kier molecular flexibility index (Phi) is 6.84. The monoisotopic (exact) mass is 489 g/mol. The van der Waals surface area contributed by atoms with E-state index >= 15 is 0 Å². The van der Waals surface area contributed by atoms with Crippen molar-refractivity contribution < 1.29 is 19.5 Å². The quantitative estimate of drug-likeness (QED) is 0.393. The van der Waals surface area contributed by atoms with Gasteiger partial charge in [-0.2, -0.15) is 4.98 Å². The lowest BCUT2D eigenvalue weighted by Crippen LogP contribution is -2.44. The zero-order chi connectivity index (χ0) is 25.3. The number of aliphatic carboxylic acids is 1. The van der Waals surface area contributed by atoms with Crippen LogP contribution in [0.25, 0.3) is 22.8 Å². The fourth-order valence-electron chi connectivity index (χ4n) is 5.30. The van der Waals surface area contributed by atoms with Gasteiger partial charge in [0.15, 0.2) is 0 Å². The number of carboxylic acid groups (broad SMARTS) is 1. The second-order valence-corrected chi connectivity index (χ2v) is 11.1. The number of hydrogen-bond donors (Lipinski definition) is 2. The van der Waals surface area contributed by atoms with Gasteiger partial charge in [0.05, 0.1) is 5.41 Å². The molecular formula is C29H35N3O4. The molecule has 2 fully saturated rings. The number of carboxylic acids is 1. The van der Waals surface area contributed by atoms with E-state index in [-0.39, 0.29) is 5.75 Å². The SMILES string of the molecule is CC(C)Cc1ccc(-c2nc(-c3ccc(CN4CCC(CC5CC5)(C(=O)O)CC4)cc3)no2)cc1O. The largest absolute Gasteiger partial charge is 0.508 e. The minimum atomic E-state index is -0.611. The first-order valence-electron chi connectivity index (χ1n) is 13.0. The summed E-state index contributed by atoms with van der Waals surface area (Å²) in [5.74, 6) is 1.60. The molecule has 2 aromatic carbocycles. The summed E-state index contributed by atoms with van der Waals surface area (Å²) < 4.78 is 5.48. The Hall–Kier alpha value is -3.19. The maximum absolute atomic E-state index is 12.0. The molecule has 190 valence electrons. The van der Waals surface area contributed by atoms with E-state index in [0.717, 1.165) is 56.4 Å². The highest BCUT2D eigenvalue weighted by Gasteiger charge is 2.45. The van der Waals surface area contributed by atoms with Crippen molar-refractivity contribution in [3.05, 3.63) is 53.6 Å². The maximum atomic E-state index is 12.0. The predicted molar refractivity (Wildman–Crippen MR) is 137 cm³/mol. The molecule has 2 N–H and O–H groups in total. The summed E-state index contributed by atoms with van der Waals surface area (Å²) in [5, 5.41) is 24.4. The third kappa shape index (κ3) is 5.46. The van der Waals surface area contributed by atoms with Crippen LogP contribution in [0.2, 0.25) is 0 Å². The summed E-state index contributed by atoms with van der Waals surface area (Å²) >= 11 is 0. The van der Waals surface area contributed by atoms with Gasteiger partial charge in [0.2, 0.25) is 5.82 Å². The molecule has 0 spiro atoms. The van der Waals surface area contributed by atoms with Gasteiger partial charge in [0, 0.05) is 17.7 Å². The highest BCUT2D eigenvalue weighted by molar-refractivity contribution is 5.75. The van der Waals surface area contributed by atoms with Crippen LogP contribution in [0.1, 0.15) is 57.1 Å². The van der Waals surface area contributed by atoms with Crippen molar-refractivity contribution >= 4 is 5.97 Å². The van der Waals surface area contributed by atoms with Crippen molar-refractivity contribution in [2.75, 3.05) is 13.1 Å². The van der Waals surface area contributed by atoms with Crippen LogP contribution < -0.4 is 0 Å². The molecule has 1 saturated heterocycles. The van der Waals surface area contributed by atoms with Crippen LogP contribution in [-0.4, -0.2) is 44.3 Å². The number of hydrogen-bond acceptors (Lipinski definition) is 6. The molecule has 1 aliphatic heterocycles. The Labute approximate surface area is 212 Å². The lowest BCUT2D eigenvalue weighted by atomic mass is 9.74. The van der Waals surface area contributed by atoms with E-state index in [1.807, 2.05) is 24.3 Å². The zero-order valence-electron chi connectivity index (χ0n) is 21.1. The topological polar surface area (TPSA) is 99.7 Å².